The Hall–Kier alpha value is -1.90. The van der Waals surface area contributed by atoms with Crippen molar-refractivity contribution in [3.05, 3.63) is 59.7 Å². The molecule has 0 unspecified atom stereocenters. The molecule has 0 aliphatic rings. The number of hydrogen-bond donors (Lipinski definition) is 0. The van der Waals surface area contributed by atoms with Gasteiger partial charge >= 0.3 is 0 Å². The SMILES string of the molecule is Cc1ccc(S(=O)(=O)CCOCCOCCOCCOCCOCCOCCS(=O)(=O)c2ccc(C)cc2)cc1. The fourth-order valence-electron chi connectivity index (χ4n) is 3.27. The molecule has 0 aliphatic carbocycles. The number of aryl methyl sites for hydroxylation is 2. The Balaban J connectivity index is 1.31. The van der Waals surface area contributed by atoms with Gasteiger partial charge in [0.05, 0.1) is 101 Å². The van der Waals surface area contributed by atoms with Crippen LogP contribution in [0.1, 0.15) is 11.1 Å². The van der Waals surface area contributed by atoms with Crippen LogP contribution in [0.5, 0.6) is 0 Å². The second kappa shape index (κ2) is 19.3. The number of hydrogen-bond acceptors (Lipinski definition) is 10. The van der Waals surface area contributed by atoms with Crippen molar-refractivity contribution in [3.8, 4) is 0 Å². The third-order valence-electron chi connectivity index (χ3n) is 5.61. The Labute approximate surface area is 238 Å². The summed E-state index contributed by atoms with van der Waals surface area (Å²) < 4.78 is 81.3. The molecule has 2 aromatic carbocycles. The first-order valence-electron chi connectivity index (χ1n) is 13.3. The Morgan fingerprint density at radius 2 is 0.625 bits per heavy atom. The molecule has 0 atom stereocenters. The van der Waals surface area contributed by atoms with E-state index in [0.717, 1.165) is 11.1 Å². The lowest BCUT2D eigenvalue weighted by Gasteiger charge is -2.09. The predicted octanol–water partition coefficient (Wildman–Crippen LogP) is 2.65. The molecule has 0 spiro atoms. The van der Waals surface area contributed by atoms with Crippen LogP contribution in [0.15, 0.2) is 58.3 Å². The molecule has 10 nitrogen and oxygen atoms in total. The predicted molar refractivity (Wildman–Crippen MR) is 151 cm³/mol. The zero-order valence-electron chi connectivity index (χ0n) is 23.4. The molecule has 40 heavy (non-hydrogen) atoms. The molecule has 0 N–H and O–H groups in total. The van der Waals surface area contributed by atoms with Crippen molar-refractivity contribution in [1.82, 2.24) is 0 Å². The molecule has 226 valence electrons. The van der Waals surface area contributed by atoms with Gasteiger partial charge in [0.2, 0.25) is 0 Å². The Morgan fingerprint density at radius 3 is 0.875 bits per heavy atom. The van der Waals surface area contributed by atoms with Crippen molar-refractivity contribution in [2.75, 3.05) is 90.8 Å². The molecule has 0 fully saturated rings. The molecule has 0 saturated carbocycles. The van der Waals surface area contributed by atoms with Crippen molar-refractivity contribution in [3.63, 3.8) is 0 Å². The zero-order chi connectivity index (χ0) is 29.1. The van der Waals surface area contributed by atoms with E-state index >= 15 is 0 Å². The summed E-state index contributed by atoms with van der Waals surface area (Å²) in [6, 6.07) is 13.5. The van der Waals surface area contributed by atoms with Crippen molar-refractivity contribution in [1.29, 1.82) is 0 Å². The first-order chi connectivity index (χ1) is 19.2. The second-order valence-electron chi connectivity index (χ2n) is 8.94. The van der Waals surface area contributed by atoms with Gasteiger partial charge in [-0.25, -0.2) is 16.8 Å². The van der Waals surface area contributed by atoms with Crippen molar-refractivity contribution >= 4 is 19.7 Å². The summed E-state index contributed by atoms with van der Waals surface area (Å²) in [6.07, 6.45) is 0. The molecule has 2 rings (SSSR count). The highest BCUT2D eigenvalue weighted by Crippen LogP contribution is 2.13. The van der Waals surface area contributed by atoms with Crippen LogP contribution >= 0.6 is 0 Å². The number of rotatable bonds is 23. The van der Waals surface area contributed by atoms with Gasteiger partial charge in [-0.2, -0.15) is 0 Å². The maximum atomic E-state index is 12.2. The van der Waals surface area contributed by atoms with Gasteiger partial charge < -0.3 is 28.4 Å². The van der Waals surface area contributed by atoms with Crippen molar-refractivity contribution in [2.45, 2.75) is 23.6 Å². The summed E-state index contributed by atoms with van der Waals surface area (Å²) in [7, 11) is -6.69. The molecular formula is C28H42O10S2. The molecule has 0 aromatic heterocycles. The fraction of sp³-hybridized carbons (Fsp3) is 0.571. The zero-order valence-corrected chi connectivity index (χ0v) is 25.1. The van der Waals surface area contributed by atoms with E-state index in [1.54, 1.807) is 48.5 Å². The highest BCUT2D eigenvalue weighted by atomic mass is 32.2. The van der Waals surface area contributed by atoms with Gasteiger partial charge in [0, 0.05) is 0 Å². The molecular weight excluding hydrogens is 560 g/mol. The molecule has 0 heterocycles. The molecule has 0 radical (unpaired) electrons. The Kier molecular flexibility index (Phi) is 16.5. The van der Waals surface area contributed by atoms with Crippen LogP contribution in [0.2, 0.25) is 0 Å². The van der Waals surface area contributed by atoms with Gasteiger partial charge in [0.15, 0.2) is 19.7 Å². The van der Waals surface area contributed by atoms with Crippen LogP contribution in [0, 0.1) is 13.8 Å². The maximum Gasteiger partial charge on any atom is 0.180 e. The van der Waals surface area contributed by atoms with Crippen LogP contribution in [-0.4, -0.2) is 108 Å². The first kappa shape index (κ1) is 34.3. The van der Waals surface area contributed by atoms with Crippen LogP contribution in [-0.2, 0) is 48.1 Å². The highest BCUT2D eigenvalue weighted by molar-refractivity contribution is 7.91. The van der Waals surface area contributed by atoms with E-state index in [2.05, 4.69) is 0 Å². The smallest absolute Gasteiger partial charge is 0.180 e. The summed E-state index contributed by atoms with van der Waals surface area (Å²) >= 11 is 0. The molecule has 2 aromatic rings. The minimum Gasteiger partial charge on any atom is -0.378 e. The van der Waals surface area contributed by atoms with E-state index in [4.69, 9.17) is 28.4 Å². The van der Waals surface area contributed by atoms with Crippen molar-refractivity contribution < 1.29 is 45.3 Å². The molecule has 0 saturated heterocycles. The number of sulfone groups is 2. The van der Waals surface area contributed by atoms with Gasteiger partial charge in [-0.05, 0) is 38.1 Å². The Bertz CT molecular complexity index is 1060. The number of ether oxygens (including phenoxy) is 6. The largest absolute Gasteiger partial charge is 0.378 e. The van der Waals surface area contributed by atoms with E-state index in [0.29, 0.717) is 75.9 Å². The number of benzene rings is 2. The van der Waals surface area contributed by atoms with E-state index in [1.807, 2.05) is 13.8 Å². The van der Waals surface area contributed by atoms with E-state index in [-0.39, 0.29) is 24.7 Å². The minimum atomic E-state index is -3.34. The van der Waals surface area contributed by atoms with Crippen LogP contribution in [0.25, 0.3) is 0 Å². The molecule has 0 aliphatic heterocycles. The molecule has 12 heteroatoms. The lowest BCUT2D eigenvalue weighted by Crippen LogP contribution is -2.16. The van der Waals surface area contributed by atoms with Gasteiger partial charge in [0.1, 0.15) is 0 Å². The minimum absolute atomic E-state index is 0.0700. The topological polar surface area (TPSA) is 124 Å². The van der Waals surface area contributed by atoms with E-state index in [1.165, 1.54) is 0 Å². The van der Waals surface area contributed by atoms with Crippen LogP contribution in [0.3, 0.4) is 0 Å². The first-order valence-corrected chi connectivity index (χ1v) is 16.6. The lowest BCUT2D eigenvalue weighted by atomic mass is 10.2. The van der Waals surface area contributed by atoms with Gasteiger partial charge in [-0.1, -0.05) is 35.4 Å². The van der Waals surface area contributed by atoms with Crippen LogP contribution < -0.4 is 0 Å². The summed E-state index contributed by atoms with van der Waals surface area (Å²) in [5.74, 6) is -0.140. The molecule has 0 amide bonds. The highest BCUT2D eigenvalue weighted by Gasteiger charge is 2.14. The monoisotopic (exact) mass is 602 g/mol. The van der Waals surface area contributed by atoms with Gasteiger partial charge in [0.25, 0.3) is 0 Å². The summed E-state index contributed by atoms with van der Waals surface area (Å²) in [4.78, 5) is 0.608. The molecule has 0 bridgehead atoms. The van der Waals surface area contributed by atoms with Gasteiger partial charge in [-0.15, -0.1) is 0 Å². The quantitative estimate of drug-likeness (QED) is 0.175. The van der Waals surface area contributed by atoms with Gasteiger partial charge in [-0.3, -0.25) is 0 Å². The van der Waals surface area contributed by atoms with E-state index in [9.17, 15) is 16.8 Å². The maximum absolute atomic E-state index is 12.2. The van der Waals surface area contributed by atoms with Crippen LogP contribution in [0.4, 0.5) is 0 Å². The summed E-state index contributed by atoms with van der Waals surface area (Å²) in [5, 5.41) is 0. The second-order valence-corrected chi connectivity index (χ2v) is 13.2. The average molecular weight is 603 g/mol. The average Bonchev–Trinajstić information content (AvgIpc) is 2.92. The normalized spacial score (nSPS) is 12.2. The third kappa shape index (κ3) is 14.6. The fourth-order valence-corrected chi connectivity index (χ4v) is 5.51. The van der Waals surface area contributed by atoms with Crippen molar-refractivity contribution in [2.24, 2.45) is 0 Å². The Morgan fingerprint density at radius 1 is 0.400 bits per heavy atom. The standard InChI is InChI=1S/C28H42O10S2/c1-25-3-7-27(8-4-25)39(29,30)23-21-37-19-17-35-15-13-33-11-12-34-14-16-36-18-20-38-22-24-40(31,32)28-9-5-26(2)6-10-28/h3-10H,11-24H2,1-2H3. The third-order valence-corrected chi connectivity index (χ3v) is 9.00. The summed E-state index contributed by atoms with van der Waals surface area (Å²) in [5.41, 5.74) is 2.02. The lowest BCUT2D eigenvalue weighted by molar-refractivity contribution is -0.0155. The summed E-state index contributed by atoms with van der Waals surface area (Å²) in [6.45, 7) is 7.86. The van der Waals surface area contributed by atoms with E-state index < -0.39 is 19.7 Å².